The molecule has 0 saturated heterocycles. The van der Waals surface area contributed by atoms with E-state index in [9.17, 15) is 4.79 Å². The molecule has 1 amide bonds. The van der Waals surface area contributed by atoms with E-state index in [0.29, 0.717) is 11.5 Å². The Kier molecular flexibility index (Phi) is 4.92. The number of carbonyl (C=O) groups excluding carboxylic acids is 1. The maximum absolute atomic E-state index is 12.9. The van der Waals surface area contributed by atoms with Gasteiger partial charge in [0.1, 0.15) is 0 Å². The second-order valence-electron chi connectivity index (χ2n) is 7.13. The number of aromatic nitrogens is 2. The van der Waals surface area contributed by atoms with Crippen LogP contribution in [0.5, 0.6) is 0 Å². The number of pyridine rings is 2. The molecule has 5 nitrogen and oxygen atoms in total. The summed E-state index contributed by atoms with van der Waals surface area (Å²) in [6.45, 7) is 2.23. The van der Waals surface area contributed by atoms with E-state index in [0.717, 1.165) is 47.1 Å². The van der Waals surface area contributed by atoms with Crippen LogP contribution in [0.2, 0.25) is 0 Å². The lowest BCUT2D eigenvalue weighted by atomic mass is 9.89. The van der Waals surface area contributed by atoms with Crippen LogP contribution in [0.15, 0.2) is 60.0 Å². The summed E-state index contributed by atoms with van der Waals surface area (Å²) >= 11 is 0. The highest BCUT2D eigenvalue weighted by Crippen LogP contribution is 2.25. The van der Waals surface area contributed by atoms with Crippen LogP contribution in [-0.2, 0) is 0 Å². The Morgan fingerprint density at radius 2 is 2.11 bits per heavy atom. The lowest BCUT2D eigenvalue weighted by Crippen LogP contribution is -2.22. The molecule has 3 aromatic rings. The van der Waals surface area contributed by atoms with Gasteiger partial charge in [-0.05, 0) is 55.9 Å². The number of fused-ring (bicyclic) bond motifs is 1. The first-order valence-corrected chi connectivity index (χ1v) is 9.36. The lowest BCUT2D eigenvalue weighted by molar-refractivity contribution is 0.0956. The maximum atomic E-state index is 12.9. The van der Waals surface area contributed by atoms with Crippen molar-refractivity contribution in [2.45, 2.75) is 32.6 Å². The molecule has 1 saturated carbocycles. The van der Waals surface area contributed by atoms with Gasteiger partial charge in [0.25, 0.3) is 5.91 Å². The van der Waals surface area contributed by atoms with E-state index in [4.69, 9.17) is 4.98 Å². The van der Waals surface area contributed by atoms with Gasteiger partial charge in [0, 0.05) is 29.1 Å². The van der Waals surface area contributed by atoms with Crippen molar-refractivity contribution >= 4 is 22.5 Å². The van der Waals surface area contributed by atoms with Crippen molar-refractivity contribution in [2.24, 2.45) is 11.0 Å². The van der Waals surface area contributed by atoms with Gasteiger partial charge in [0.2, 0.25) is 0 Å². The molecular formula is C22H22N4O. The number of hydrazone groups is 1. The standard InChI is InChI=1S/C22H22N4O/c1-15-6-4-8-17(12-15)25-26-22(27)19-13-21(16-7-5-11-23-14-16)24-20-10-3-2-9-18(19)20/h2-3,5,7,9-11,13-15H,4,6,8,12H2,1H3,(H,26,27)/b25-17+. The fraction of sp³-hybridized carbons (Fsp3) is 0.273. The van der Waals surface area contributed by atoms with E-state index in [-0.39, 0.29) is 5.91 Å². The van der Waals surface area contributed by atoms with Crippen molar-refractivity contribution < 1.29 is 4.79 Å². The summed E-state index contributed by atoms with van der Waals surface area (Å²) in [4.78, 5) is 21.8. The topological polar surface area (TPSA) is 67.2 Å². The molecule has 1 unspecified atom stereocenters. The van der Waals surface area contributed by atoms with Crippen LogP contribution < -0.4 is 5.43 Å². The largest absolute Gasteiger partial charge is 0.272 e. The van der Waals surface area contributed by atoms with Gasteiger partial charge in [-0.3, -0.25) is 9.78 Å². The number of para-hydroxylation sites is 1. The Balaban J connectivity index is 1.69. The van der Waals surface area contributed by atoms with Gasteiger partial charge < -0.3 is 0 Å². The lowest BCUT2D eigenvalue weighted by Gasteiger charge is -2.19. The van der Waals surface area contributed by atoms with Crippen molar-refractivity contribution in [3.8, 4) is 11.3 Å². The molecule has 2 aromatic heterocycles. The van der Waals surface area contributed by atoms with E-state index in [2.05, 4.69) is 22.4 Å². The molecule has 0 spiro atoms. The molecule has 1 N–H and O–H groups in total. The first-order chi connectivity index (χ1) is 13.2. The molecule has 4 rings (SSSR count). The molecule has 136 valence electrons. The molecule has 27 heavy (non-hydrogen) atoms. The molecule has 1 atom stereocenters. The van der Waals surface area contributed by atoms with E-state index >= 15 is 0 Å². The van der Waals surface area contributed by atoms with Crippen LogP contribution in [0.25, 0.3) is 22.2 Å². The number of hydrogen-bond donors (Lipinski definition) is 1. The zero-order valence-corrected chi connectivity index (χ0v) is 15.4. The van der Waals surface area contributed by atoms with Gasteiger partial charge >= 0.3 is 0 Å². The van der Waals surface area contributed by atoms with E-state index in [1.165, 1.54) is 6.42 Å². The summed E-state index contributed by atoms with van der Waals surface area (Å²) in [5.41, 5.74) is 6.81. The zero-order valence-electron chi connectivity index (χ0n) is 15.4. The highest BCUT2D eigenvalue weighted by molar-refractivity contribution is 6.07. The first-order valence-electron chi connectivity index (χ1n) is 9.36. The molecule has 5 heteroatoms. The summed E-state index contributed by atoms with van der Waals surface area (Å²) in [5, 5.41) is 5.22. The Labute approximate surface area is 158 Å². The number of rotatable bonds is 3. The van der Waals surface area contributed by atoms with Gasteiger partial charge in [-0.2, -0.15) is 5.10 Å². The van der Waals surface area contributed by atoms with Crippen molar-refractivity contribution in [1.29, 1.82) is 0 Å². The van der Waals surface area contributed by atoms with Crippen LogP contribution in [-0.4, -0.2) is 21.6 Å². The van der Waals surface area contributed by atoms with Crippen LogP contribution in [0.3, 0.4) is 0 Å². The van der Waals surface area contributed by atoms with Crippen molar-refractivity contribution in [1.82, 2.24) is 15.4 Å². The predicted octanol–water partition coefficient (Wildman–Crippen LogP) is 4.59. The molecule has 0 aliphatic heterocycles. The molecular weight excluding hydrogens is 336 g/mol. The summed E-state index contributed by atoms with van der Waals surface area (Å²) in [6.07, 6.45) is 7.76. The van der Waals surface area contributed by atoms with Crippen LogP contribution in [0, 0.1) is 5.92 Å². The molecule has 0 radical (unpaired) electrons. The Morgan fingerprint density at radius 3 is 2.93 bits per heavy atom. The smallest absolute Gasteiger partial charge is 0.267 e. The van der Waals surface area contributed by atoms with Crippen molar-refractivity contribution in [3.05, 3.63) is 60.4 Å². The van der Waals surface area contributed by atoms with Crippen molar-refractivity contribution in [3.63, 3.8) is 0 Å². The van der Waals surface area contributed by atoms with Gasteiger partial charge in [-0.25, -0.2) is 10.4 Å². The molecule has 1 aliphatic carbocycles. The molecule has 1 aromatic carbocycles. The number of amides is 1. The number of hydrogen-bond acceptors (Lipinski definition) is 4. The average molecular weight is 358 g/mol. The summed E-state index contributed by atoms with van der Waals surface area (Å²) < 4.78 is 0. The third kappa shape index (κ3) is 3.87. The maximum Gasteiger partial charge on any atom is 0.272 e. The Hall–Kier alpha value is -3.08. The molecule has 1 aliphatic rings. The fourth-order valence-electron chi connectivity index (χ4n) is 3.58. The number of nitrogens with one attached hydrogen (secondary N) is 1. The van der Waals surface area contributed by atoms with E-state index < -0.39 is 0 Å². The van der Waals surface area contributed by atoms with E-state index in [1.54, 1.807) is 12.4 Å². The second-order valence-corrected chi connectivity index (χ2v) is 7.13. The molecule has 2 heterocycles. The number of carbonyl (C=O) groups is 1. The van der Waals surface area contributed by atoms with Crippen LogP contribution in [0.4, 0.5) is 0 Å². The monoisotopic (exact) mass is 358 g/mol. The normalized spacial score (nSPS) is 18.6. The van der Waals surface area contributed by atoms with Gasteiger partial charge in [0.15, 0.2) is 0 Å². The minimum atomic E-state index is -0.204. The second kappa shape index (κ2) is 7.66. The van der Waals surface area contributed by atoms with E-state index in [1.807, 2.05) is 42.5 Å². The summed E-state index contributed by atoms with van der Waals surface area (Å²) in [6, 6.07) is 13.3. The summed E-state index contributed by atoms with van der Waals surface area (Å²) in [7, 11) is 0. The minimum Gasteiger partial charge on any atom is -0.267 e. The highest BCUT2D eigenvalue weighted by Gasteiger charge is 2.16. The van der Waals surface area contributed by atoms with Crippen LogP contribution >= 0.6 is 0 Å². The Morgan fingerprint density at radius 1 is 1.22 bits per heavy atom. The van der Waals surface area contributed by atoms with Gasteiger partial charge in [-0.1, -0.05) is 25.1 Å². The third-order valence-electron chi connectivity index (χ3n) is 4.98. The van der Waals surface area contributed by atoms with Crippen molar-refractivity contribution in [2.75, 3.05) is 0 Å². The third-order valence-corrected chi connectivity index (χ3v) is 4.98. The minimum absolute atomic E-state index is 0.204. The Bertz CT molecular complexity index is 998. The predicted molar refractivity (Wildman–Crippen MR) is 108 cm³/mol. The average Bonchev–Trinajstić information content (AvgIpc) is 2.72. The molecule has 1 fully saturated rings. The van der Waals surface area contributed by atoms with Gasteiger partial charge in [-0.15, -0.1) is 0 Å². The first kappa shape index (κ1) is 17.3. The fourth-order valence-corrected chi connectivity index (χ4v) is 3.58. The number of nitrogens with zero attached hydrogens (tertiary/aromatic N) is 3. The molecule has 0 bridgehead atoms. The highest BCUT2D eigenvalue weighted by atomic mass is 16.2. The summed E-state index contributed by atoms with van der Waals surface area (Å²) in [5.74, 6) is 0.429. The van der Waals surface area contributed by atoms with Gasteiger partial charge in [0.05, 0.1) is 16.8 Å². The zero-order chi connectivity index (χ0) is 18.6. The van der Waals surface area contributed by atoms with Crippen LogP contribution in [0.1, 0.15) is 43.0 Å². The quantitative estimate of drug-likeness (QED) is 0.696. The number of benzene rings is 1. The SMILES string of the molecule is CC1CCC/C(=N\NC(=O)c2cc(-c3cccnc3)nc3ccccc23)C1.